The van der Waals surface area contributed by atoms with Gasteiger partial charge < -0.3 is 14.5 Å². The van der Waals surface area contributed by atoms with E-state index in [-0.39, 0.29) is 0 Å². The van der Waals surface area contributed by atoms with E-state index in [9.17, 15) is 0 Å². The van der Waals surface area contributed by atoms with E-state index in [0.717, 1.165) is 18.6 Å². The van der Waals surface area contributed by atoms with Gasteiger partial charge in [0.05, 0.1) is 12.6 Å². The van der Waals surface area contributed by atoms with Gasteiger partial charge >= 0.3 is 0 Å². The molecule has 4 heteroatoms. The second kappa shape index (κ2) is 4.47. The molecule has 1 aliphatic carbocycles. The summed E-state index contributed by atoms with van der Waals surface area (Å²) in [5, 5.41) is 11.9. The average molecular weight is 206 g/mol. The van der Waals surface area contributed by atoms with Crippen molar-refractivity contribution in [1.29, 1.82) is 5.26 Å². The quantitative estimate of drug-likeness (QED) is 0.809. The van der Waals surface area contributed by atoms with Crippen molar-refractivity contribution >= 4 is 0 Å². The monoisotopic (exact) mass is 206 g/mol. The first kappa shape index (κ1) is 10.2. The lowest BCUT2D eigenvalue weighted by atomic mass is 9.89. The lowest BCUT2D eigenvalue weighted by Gasteiger charge is -2.34. The molecule has 0 aliphatic heterocycles. The minimum absolute atomic E-state index is 0.371. The minimum atomic E-state index is 0.371. The number of hydrogen-bond donors (Lipinski definition) is 1. The van der Waals surface area contributed by atoms with Crippen molar-refractivity contribution < 1.29 is 9.15 Å². The normalized spacial score (nSPS) is 24.5. The van der Waals surface area contributed by atoms with E-state index in [2.05, 4.69) is 5.32 Å². The average Bonchev–Trinajstić information content (AvgIpc) is 2.64. The molecule has 80 valence electrons. The van der Waals surface area contributed by atoms with Gasteiger partial charge in [0.15, 0.2) is 0 Å². The second-order valence-electron chi connectivity index (χ2n) is 3.78. The zero-order valence-electron chi connectivity index (χ0n) is 8.69. The van der Waals surface area contributed by atoms with E-state index >= 15 is 0 Å². The van der Waals surface area contributed by atoms with Gasteiger partial charge in [-0.1, -0.05) is 0 Å². The zero-order valence-corrected chi connectivity index (χ0v) is 8.69. The highest BCUT2D eigenvalue weighted by atomic mass is 16.5. The first-order valence-electron chi connectivity index (χ1n) is 5.07. The molecule has 1 aromatic rings. The Morgan fingerprint density at radius 2 is 2.40 bits per heavy atom. The third-order valence-electron chi connectivity index (χ3n) is 2.76. The van der Waals surface area contributed by atoms with Crippen LogP contribution >= 0.6 is 0 Å². The molecule has 0 aromatic carbocycles. The SMILES string of the molecule is COC1CC(NCc2ccc(C#N)o2)C1. The van der Waals surface area contributed by atoms with E-state index < -0.39 is 0 Å². The number of ether oxygens (including phenoxy) is 1. The second-order valence-corrected chi connectivity index (χ2v) is 3.78. The highest BCUT2D eigenvalue weighted by Crippen LogP contribution is 2.22. The summed E-state index contributed by atoms with van der Waals surface area (Å²) in [5.74, 6) is 1.18. The Labute approximate surface area is 88.8 Å². The Hall–Kier alpha value is -1.31. The van der Waals surface area contributed by atoms with Crippen molar-refractivity contribution in [3.63, 3.8) is 0 Å². The number of furan rings is 1. The van der Waals surface area contributed by atoms with E-state index in [1.165, 1.54) is 0 Å². The minimum Gasteiger partial charge on any atom is -0.449 e. The molecule has 4 nitrogen and oxygen atoms in total. The van der Waals surface area contributed by atoms with Crippen molar-refractivity contribution in [3.8, 4) is 6.07 Å². The molecule has 2 rings (SSSR count). The molecule has 0 bridgehead atoms. The predicted octanol–water partition coefficient (Wildman–Crippen LogP) is 1.42. The van der Waals surface area contributed by atoms with Crippen molar-refractivity contribution in [2.45, 2.75) is 31.5 Å². The molecule has 0 saturated heterocycles. The molecule has 1 heterocycles. The van der Waals surface area contributed by atoms with Crippen LogP contribution in [-0.4, -0.2) is 19.3 Å². The van der Waals surface area contributed by atoms with Gasteiger partial charge in [-0.3, -0.25) is 0 Å². The van der Waals surface area contributed by atoms with Crippen LogP contribution in [-0.2, 0) is 11.3 Å². The molecule has 1 aliphatic rings. The van der Waals surface area contributed by atoms with Gasteiger partial charge in [0.2, 0.25) is 5.76 Å². The summed E-state index contributed by atoms with van der Waals surface area (Å²) in [6, 6.07) is 6.01. The summed E-state index contributed by atoms with van der Waals surface area (Å²) in [6.07, 6.45) is 2.53. The highest BCUT2D eigenvalue weighted by Gasteiger charge is 2.28. The van der Waals surface area contributed by atoms with Crippen molar-refractivity contribution in [2.24, 2.45) is 0 Å². The Morgan fingerprint density at radius 1 is 1.60 bits per heavy atom. The fourth-order valence-electron chi connectivity index (χ4n) is 1.70. The van der Waals surface area contributed by atoms with Crippen LogP contribution < -0.4 is 5.32 Å². The third kappa shape index (κ3) is 2.38. The van der Waals surface area contributed by atoms with Crippen molar-refractivity contribution in [3.05, 3.63) is 23.7 Å². The number of rotatable bonds is 4. The van der Waals surface area contributed by atoms with E-state index in [1.807, 2.05) is 12.1 Å². The first-order valence-corrected chi connectivity index (χ1v) is 5.07. The van der Waals surface area contributed by atoms with Crippen LogP contribution in [0.25, 0.3) is 0 Å². The lowest BCUT2D eigenvalue weighted by Crippen LogP contribution is -2.44. The molecule has 1 N–H and O–H groups in total. The van der Waals surface area contributed by atoms with Gasteiger partial charge in [-0.15, -0.1) is 0 Å². The summed E-state index contributed by atoms with van der Waals surface area (Å²) in [7, 11) is 1.74. The van der Waals surface area contributed by atoms with Gasteiger partial charge in [0, 0.05) is 13.2 Å². The molecule has 15 heavy (non-hydrogen) atoms. The standard InChI is InChI=1S/C11H14N2O2/c1-14-11-4-8(5-11)13-7-10-3-2-9(6-12)15-10/h2-3,8,11,13H,4-5,7H2,1H3. The molecular weight excluding hydrogens is 192 g/mol. The summed E-state index contributed by atoms with van der Waals surface area (Å²) in [4.78, 5) is 0. The maximum absolute atomic E-state index is 8.57. The molecule has 0 amide bonds. The molecule has 1 aromatic heterocycles. The van der Waals surface area contributed by atoms with Crippen molar-refractivity contribution in [2.75, 3.05) is 7.11 Å². The molecule has 0 unspecified atom stereocenters. The van der Waals surface area contributed by atoms with E-state index in [0.29, 0.717) is 24.5 Å². The van der Waals surface area contributed by atoms with Crippen LogP contribution in [0.4, 0.5) is 0 Å². The number of nitrogens with zero attached hydrogens (tertiary/aromatic N) is 1. The summed E-state index contributed by atoms with van der Waals surface area (Å²) < 4.78 is 10.4. The first-order chi connectivity index (χ1) is 7.31. The summed E-state index contributed by atoms with van der Waals surface area (Å²) >= 11 is 0. The predicted molar refractivity (Wildman–Crippen MR) is 54.1 cm³/mol. The fourth-order valence-corrected chi connectivity index (χ4v) is 1.70. The number of nitrogens with one attached hydrogen (secondary N) is 1. The maximum atomic E-state index is 8.57. The smallest absolute Gasteiger partial charge is 0.203 e. The molecule has 1 fully saturated rings. The van der Waals surface area contributed by atoms with Crippen LogP contribution in [0.2, 0.25) is 0 Å². The zero-order chi connectivity index (χ0) is 10.7. The topological polar surface area (TPSA) is 58.2 Å². The molecule has 0 spiro atoms. The Balaban J connectivity index is 1.73. The van der Waals surface area contributed by atoms with Gasteiger partial charge in [0.25, 0.3) is 0 Å². The number of methoxy groups -OCH3 is 1. The molecule has 1 saturated carbocycles. The Bertz CT molecular complexity index is 361. The largest absolute Gasteiger partial charge is 0.449 e. The van der Waals surface area contributed by atoms with E-state index in [4.69, 9.17) is 14.4 Å². The van der Waals surface area contributed by atoms with Crippen LogP contribution in [0.3, 0.4) is 0 Å². The van der Waals surface area contributed by atoms with Crippen LogP contribution in [0.1, 0.15) is 24.4 Å². The van der Waals surface area contributed by atoms with Crippen LogP contribution in [0, 0.1) is 11.3 Å². The number of hydrogen-bond acceptors (Lipinski definition) is 4. The van der Waals surface area contributed by atoms with Gasteiger partial charge in [0.1, 0.15) is 11.8 Å². The van der Waals surface area contributed by atoms with E-state index in [1.54, 1.807) is 13.2 Å². The molecule has 0 atom stereocenters. The fraction of sp³-hybridized carbons (Fsp3) is 0.545. The lowest BCUT2D eigenvalue weighted by molar-refractivity contribution is 0.0165. The maximum Gasteiger partial charge on any atom is 0.203 e. The number of nitriles is 1. The van der Waals surface area contributed by atoms with Crippen molar-refractivity contribution in [1.82, 2.24) is 5.32 Å². The Kier molecular flexibility index (Phi) is 3.05. The summed E-state index contributed by atoms with van der Waals surface area (Å²) in [6.45, 7) is 0.683. The highest BCUT2D eigenvalue weighted by molar-refractivity contribution is 5.19. The van der Waals surface area contributed by atoms with Crippen LogP contribution in [0.5, 0.6) is 0 Å². The van der Waals surface area contributed by atoms with Gasteiger partial charge in [-0.25, -0.2) is 0 Å². The van der Waals surface area contributed by atoms with Gasteiger partial charge in [-0.05, 0) is 25.0 Å². The van der Waals surface area contributed by atoms with Crippen LogP contribution in [0.15, 0.2) is 16.5 Å². The molecular formula is C11H14N2O2. The summed E-state index contributed by atoms with van der Waals surface area (Å²) in [5.41, 5.74) is 0. The third-order valence-corrected chi connectivity index (χ3v) is 2.76. The van der Waals surface area contributed by atoms with Gasteiger partial charge in [-0.2, -0.15) is 5.26 Å². The Morgan fingerprint density at radius 3 is 3.00 bits per heavy atom. The molecule has 0 radical (unpaired) electrons.